The SMILES string of the molecule is O=C(CCc1ccc(S(=O)(=O)N2CCCC2)cc1)NCc1cc(Br)ccc1F. The Morgan fingerprint density at radius 2 is 1.79 bits per heavy atom. The van der Waals surface area contributed by atoms with Crippen molar-refractivity contribution in [2.75, 3.05) is 13.1 Å². The van der Waals surface area contributed by atoms with Crippen LogP contribution in [0.5, 0.6) is 0 Å². The first-order chi connectivity index (χ1) is 13.4. The largest absolute Gasteiger partial charge is 0.352 e. The number of amides is 1. The van der Waals surface area contributed by atoms with Gasteiger partial charge in [-0.1, -0.05) is 28.1 Å². The van der Waals surface area contributed by atoms with Gasteiger partial charge in [-0.25, -0.2) is 12.8 Å². The van der Waals surface area contributed by atoms with Crippen molar-refractivity contribution in [1.82, 2.24) is 9.62 Å². The Morgan fingerprint density at radius 1 is 1.11 bits per heavy atom. The van der Waals surface area contributed by atoms with Crippen LogP contribution in [0.1, 0.15) is 30.4 Å². The predicted octanol–water partition coefficient (Wildman–Crippen LogP) is 3.62. The van der Waals surface area contributed by atoms with Crippen molar-refractivity contribution in [1.29, 1.82) is 0 Å². The molecule has 1 N–H and O–H groups in total. The molecule has 1 aliphatic rings. The molecule has 1 aliphatic heterocycles. The highest BCUT2D eigenvalue weighted by Crippen LogP contribution is 2.21. The van der Waals surface area contributed by atoms with Crippen LogP contribution in [0.3, 0.4) is 0 Å². The molecule has 2 aromatic rings. The first-order valence-corrected chi connectivity index (χ1v) is 11.4. The minimum Gasteiger partial charge on any atom is -0.352 e. The molecule has 3 rings (SSSR count). The smallest absolute Gasteiger partial charge is 0.243 e. The van der Waals surface area contributed by atoms with Gasteiger partial charge in [0.05, 0.1) is 4.90 Å². The average Bonchev–Trinajstić information content (AvgIpc) is 3.23. The van der Waals surface area contributed by atoms with Gasteiger partial charge in [0, 0.05) is 36.1 Å². The van der Waals surface area contributed by atoms with Crippen molar-refractivity contribution in [2.45, 2.75) is 37.1 Å². The van der Waals surface area contributed by atoms with E-state index in [1.807, 2.05) is 0 Å². The van der Waals surface area contributed by atoms with Gasteiger partial charge in [0.1, 0.15) is 5.82 Å². The maximum absolute atomic E-state index is 13.7. The second-order valence-corrected chi connectivity index (χ2v) is 9.62. The van der Waals surface area contributed by atoms with E-state index in [-0.39, 0.29) is 29.6 Å². The number of benzene rings is 2. The molecular weight excluding hydrogens is 447 g/mol. The molecule has 0 atom stereocenters. The molecule has 2 aromatic carbocycles. The summed E-state index contributed by atoms with van der Waals surface area (Å²) in [4.78, 5) is 12.3. The van der Waals surface area contributed by atoms with Crippen LogP contribution < -0.4 is 5.32 Å². The summed E-state index contributed by atoms with van der Waals surface area (Å²) >= 11 is 3.28. The topological polar surface area (TPSA) is 66.5 Å². The van der Waals surface area contributed by atoms with Crippen molar-refractivity contribution in [3.05, 3.63) is 63.9 Å². The standard InChI is InChI=1S/C20H22BrFN2O3S/c21-17-6-9-19(22)16(13-17)14-23-20(25)10-5-15-3-7-18(8-4-15)28(26,27)24-11-1-2-12-24/h3-4,6-9,13H,1-2,5,10-12,14H2,(H,23,25). The quantitative estimate of drug-likeness (QED) is 0.674. The first-order valence-electron chi connectivity index (χ1n) is 9.16. The fourth-order valence-electron chi connectivity index (χ4n) is 3.12. The number of hydrogen-bond acceptors (Lipinski definition) is 3. The lowest BCUT2D eigenvalue weighted by molar-refractivity contribution is -0.121. The summed E-state index contributed by atoms with van der Waals surface area (Å²) in [5, 5.41) is 2.71. The third-order valence-electron chi connectivity index (χ3n) is 4.75. The van der Waals surface area contributed by atoms with E-state index >= 15 is 0 Å². The second-order valence-electron chi connectivity index (χ2n) is 6.77. The van der Waals surface area contributed by atoms with E-state index in [9.17, 15) is 17.6 Å². The van der Waals surface area contributed by atoms with Crippen LogP contribution >= 0.6 is 15.9 Å². The number of nitrogens with zero attached hydrogens (tertiary/aromatic N) is 1. The van der Waals surface area contributed by atoms with Crippen molar-refractivity contribution < 1.29 is 17.6 Å². The number of hydrogen-bond donors (Lipinski definition) is 1. The first kappa shape index (κ1) is 21.0. The maximum atomic E-state index is 13.7. The molecule has 1 amide bonds. The lowest BCUT2D eigenvalue weighted by Crippen LogP contribution is -2.27. The van der Waals surface area contributed by atoms with Crippen molar-refractivity contribution in [2.24, 2.45) is 0 Å². The summed E-state index contributed by atoms with van der Waals surface area (Å²) in [6, 6.07) is 11.3. The lowest BCUT2D eigenvalue weighted by atomic mass is 10.1. The summed E-state index contributed by atoms with van der Waals surface area (Å²) in [7, 11) is -3.42. The summed E-state index contributed by atoms with van der Waals surface area (Å²) < 4.78 is 41.0. The van der Waals surface area contributed by atoms with Crippen LogP contribution in [0.4, 0.5) is 4.39 Å². The molecule has 0 bridgehead atoms. The van der Waals surface area contributed by atoms with Crippen LogP contribution in [-0.4, -0.2) is 31.7 Å². The summed E-state index contributed by atoms with van der Waals surface area (Å²) in [6.07, 6.45) is 2.53. The number of rotatable bonds is 7. The molecule has 1 fully saturated rings. The van der Waals surface area contributed by atoms with E-state index in [1.54, 1.807) is 36.4 Å². The maximum Gasteiger partial charge on any atom is 0.243 e. The van der Waals surface area contributed by atoms with Crippen LogP contribution in [0, 0.1) is 5.82 Å². The van der Waals surface area contributed by atoms with E-state index in [0.29, 0.717) is 25.1 Å². The minimum absolute atomic E-state index is 0.122. The number of carbonyl (C=O) groups is 1. The zero-order valence-electron chi connectivity index (χ0n) is 15.3. The highest BCUT2D eigenvalue weighted by molar-refractivity contribution is 9.10. The van der Waals surface area contributed by atoms with Gasteiger partial charge in [-0.15, -0.1) is 0 Å². The monoisotopic (exact) mass is 468 g/mol. The van der Waals surface area contributed by atoms with E-state index in [4.69, 9.17) is 0 Å². The Morgan fingerprint density at radius 3 is 2.46 bits per heavy atom. The Hall–Kier alpha value is -1.77. The molecule has 1 saturated heterocycles. The Balaban J connectivity index is 1.52. The van der Waals surface area contributed by atoms with Gasteiger partial charge >= 0.3 is 0 Å². The van der Waals surface area contributed by atoms with Gasteiger partial charge in [0.25, 0.3) is 0 Å². The second kappa shape index (κ2) is 9.15. The zero-order valence-corrected chi connectivity index (χ0v) is 17.7. The van der Waals surface area contributed by atoms with E-state index in [0.717, 1.165) is 22.9 Å². The normalized spacial score (nSPS) is 14.9. The molecule has 0 spiro atoms. The molecule has 8 heteroatoms. The average molecular weight is 469 g/mol. The van der Waals surface area contributed by atoms with Gasteiger partial charge in [0.15, 0.2) is 0 Å². The molecular formula is C20H22BrFN2O3S. The van der Waals surface area contributed by atoms with Crippen LogP contribution in [0.2, 0.25) is 0 Å². The molecule has 0 radical (unpaired) electrons. The number of halogens is 2. The molecule has 28 heavy (non-hydrogen) atoms. The van der Waals surface area contributed by atoms with E-state index in [2.05, 4.69) is 21.2 Å². The van der Waals surface area contributed by atoms with Gasteiger partial charge in [-0.05, 0) is 55.2 Å². The van der Waals surface area contributed by atoms with Gasteiger partial charge < -0.3 is 5.32 Å². The molecule has 0 aliphatic carbocycles. The summed E-state index contributed by atoms with van der Waals surface area (Å²) in [5.74, 6) is -0.550. The van der Waals surface area contributed by atoms with Crippen LogP contribution in [0.15, 0.2) is 51.8 Å². The summed E-state index contributed by atoms with van der Waals surface area (Å²) in [5.41, 5.74) is 1.29. The molecule has 0 aromatic heterocycles. The molecule has 0 saturated carbocycles. The van der Waals surface area contributed by atoms with Crippen LogP contribution in [-0.2, 0) is 27.8 Å². The summed E-state index contributed by atoms with van der Waals surface area (Å²) in [6.45, 7) is 1.27. The molecule has 5 nitrogen and oxygen atoms in total. The lowest BCUT2D eigenvalue weighted by Gasteiger charge is -2.15. The van der Waals surface area contributed by atoms with E-state index in [1.165, 1.54) is 10.4 Å². The Bertz CT molecular complexity index is 942. The highest BCUT2D eigenvalue weighted by Gasteiger charge is 2.26. The van der Waals surface area contributed by atoms with Crippen molar-refractivity contribution in [3.8, 4) is 0 Å². The van der Waals surface area contributed by atoms with Gasteiger partial charge in [-0.3, -0.25) is 4.79 Å². The van der Waals surface area contributed by atoms with Gasteiger partial charge in [-0.2, -0.15) is 4.31 Å². The van der Waals surface area contributed by atoms with Crippen LogP contribution in [0.25, 0.3) is 0 Å². The van der Waals surface area contributed by atoms with E-state index < -0.39 is 10.0 Å². The van der Waals surface area contributed by atoms with Gasteiger partial charge in [0.2, 0.25) is 15.9 Å². The fraction of sp³-hybridized carbons (Fsp3) is 0.350. The third kappa shape index (κ3) is 5.18. The molecule has 0 unspecified atom stereocenters. The van der Waals surface area contributed by atoms with Crippen molar-refractivity contribution >= 4 is 31.9 Å². The number of nitrogens with one attached hydrogen (secondary N) is 1. The number of aryl methyl sites for hydroxylation is 1. The fourth-order valence-corrected chi connectivity index (χ4v) is 5.05. The number of sulfonamides is 1. The minimum atomic E-state index is -3.42. The Labute approximate surface area is 173 Å². The predicted molar refractivity (Wildman–Crippen MR) is 109 cm³/mol. The molecule has 150 valence electrons. The highest BCUT2D eigenvalue weighted by atomic mass is 79.9. The molecule has 1 heterocycles. The zero-order chi connectivity index (χ0) is 20.1. The number of carbonyl (C=O) groups excluding carboxylic acids is 1. The third-order valence-corrected chi connectivity index (χ3v) is 7.16. The van der Waals surface area contributed by atoms with Crippen molar-refractivity contribution in [3.63, 3.8) is 0 Å². The Kier molecular flexibility index (Phi) is 6.85.